The number of anilines is 1. The van der Waals surface area contributed by atoms with Gasteiger partial charge in [0.1, 0.15) is 0 Å². The fourth-order valence-corrected chi connectivity index (χ4v) is 1.82. The third kappa shape index (κ3) is 1.83. The number of pyridine rings is 1. The molecule has 2 aromatic rings. The molecule has 0 aromatic carbocycles. The molecule has 92 valence electrons. The molecule has 0 aliphatic carbocycles. The number of nitrogens with zero attached hydrogens (tertiary/aromatic N) is 2. The molecule has 2 aromatic heterocycles. The largest absolute Gasteiger partial charge is 0.417 e. The Morgan fingerprint density at radius 1 is 1.41 bits per heavy atom. The van der Waals surface area contributed by atoms with E-state index in [4.69, 9.17) is 5.73 Å². The van der Waals surface area contributed by atoms with Gasteiger partial charge in [0.15, 0.2) is 5.65 Å². The number of alkyl halides is 3. The van der Waals surface area contributed by atoms with Crippen LogP contribution in [-0.4, -0.2) is 9.38 Å². The molecule has 0 atom stereocenters. The molecule has 2 N–H and O–H groups in total. The van der Waals surface area contributed by atoms with E-state index in [0.29, 0.717) is 17.8 Å². The van der Waals surface area contributed by atoms with Gasteiger partial charge in [0, 0.05) is 11.9 Å². The Morgan fingerprint density at radius 2 is 2.06 bits per heavy atom. The maximum atomic E-state index is 12.6. The normalized spacial score (nSPS) is 12.3. The molecule has 0 aliphatic rings. The van der Waals surface area contributed by atoms with Gasteiger partial charge < -0.3 is 10.1 Å². The Hall–Kier alpha value is -1.72. The zero-order valence-electron chi connectivity index (χ0n) is 9.47. The van der Waals surface area contributed by atoms with Crippen LogP contribution in [-0.2, 0) is 12.6 Å². The molecule has 0 amide bonds. The summed E-state index contributed by atoms with van der Waals surface area (Å²) in [7, 11) is 0. The standard InChI is InChI=1S/C11H12F3N3/c1-3-9-6(2)17-5-7(11(12,13)14)4-8(15)10(17)16-9/h4-5H,3,15H2,1-2H3. The van der Waals surface area contributed by atoms with Gasteiger partial charge in [0.05, 0.1) is 16.9 Å². The lowest BCUT2D eigenvalue weighted by atomic mass is 10.2. The van der Waals surface area contributed by atoms with Crippen molar-refractivity contribution in [3.8, 4) is 0 Å². The second-order valence-corrected chi connectivity index (χ2v) is 3.87. The van der Waals surface area contributed by atoms with Gasteiger partial charge in [-0.05, 0) is 19.4 Å². The van der Waals surface area contributed by atoms with E-state index in [9.17, 15) is 13.2 Å². The number of imidazole rings is 1. The predicted molar refractivity (Wildman–Crippen MR) is 58.7 cm³/mol. The van der Waals surface area contributed by atoms with Gasteiger partial charge in [0.2, 0.25) is 0 Å². The Labute approximate surface area is 96.1 Å². The number of halogens is 3. The first kappa shape index (κ1) is 11.8. The zero-order chi connectivity index (χ0) is 12.8. The van der Waals surface area contributed by atoms with E-state index in [1.54, 1.807) is 6.92 Å². The predicted octanol–water partition coefficient (Wildman–Crippen LogP) is 2.81. The van der Waals surface area contributed by atoms with Crippen molar-refractivity contribution in [3.63, 3.8) is 0 Å². The van der Waals surface area contributed by atoms with E-state index in [-0.39, 0.29) is 5.69 Å². The van der Waals surface area contributed by atoms with Gasteiger partial charge in [-0.1, -0.05) is 6.92 Å². The minimum Gasteiger partial charge on any atom is -0.396 e. The van der Waals surface area contributed by atoms with Gasteiger partial charge in [-0.3, -0.25) is 0 Å². The summed E-state index contributed by atoms with van der Waals surface area (Å²) in [6, 6.07) is 0.918. The molecular formula is C11H12F3N3. The van der Waals surface area contributed by atoms with E-state index in [0.717, 1.165) is 18.0 Å². The molecule has 17 heavy (non-hydrogen) atoms. The van der Waals surface area contributed by atoms with Crippen LogP contribution < -0.4 is 5.73 Å². The lowest BCUT2D eigenvalue weighted by molar-refractivity contribution is -0.137. The molecule has 0 saturated heterocycles. The van der Waals surface area contributed by atoms with E-state index in [2.05, 4.69) is 4.98 Å². The molecule has 3 nitrogen and oxygen atoms in total. The summed E-state index contributed by atoms with van der Waals surface area (Å²) in [4.78, 5) is 4.22. The van der Waals surface area contributed by atoms with Crippen LogP contribution in [0.4, 0.5) is 18.9 Å². The smallest absolute Gasteiger partial charge is 0.396 e. The van der Waals surface area contributed by atoms with Crippen molar-refractivity contribution >= 4 is 11.3 Å². The number of aromatic nitrogens is 2. The molecule has 2 heterocycles. The third-order valence-electron chi connectivity index (χ3n) is 2.75. The van der Waals surface area contributed by atoms with Crippen LogP contribution >= 0.6 is 0 Å². The fourth-order valence-electron chi connectivity index (χ4n) is 1.82. The quantitative estimate of drug-likeness (QED) is 0.836. The second kappa shape index (κ2) is 3.65. The van der Waals surface area contributed by atoms with Crippen molar-refractivity contribution in [2.45, 2.75) is 26.4 Å². The average molecular weight is 243 g/mol. The highest BCUT2D eigenvalue weighted by atomic mass is 19.4. The molecule has 0 aliphatic heterocycles. The Bertz CT molecular complexity index is 569. The van der Waals surface area contributed by atoms with Gasteiger partial charge in [-0.2, -0.15) is 13.2 Å². The van der Waals surface area contributed by atoms with Gasteiger partial charge >= 0.3 is 6.18 Å². The zero-order valence-corrected chi connectivity index (χ0v) is 9.47. The first-order valence-corrected chi connectivity index (χ1v) is 5.18. The van der Waals surface area contributed by atoms with Crippen LogP contribution in [0.3, 0.4) is 0 Å². The number of nitrogens with two attached hydrogens (primary N) is 1. The van der Waals surface area contributed by atoms with E-state index in [1.165, 1.54) is 4.40 Å². The number of rotatable bonds is 1. The SMILES string of the molecule is CCc1nc2c(N)cc(C(F)(F)F)cn2c1C. The third-order valence-corrected chi connectivity index (χ3v) is 2.75. The first-order valence-electron chi connectivity index (χ1n) is 5.18. The van der Waals surface area contributed by atoms with Crippen LogP contribution in [0.25, 0.3) is 5.65 Å². The van der Waals surface area contributed by atoms with Crippen molar-refractivity contribution in [3.05, 3.63) is 29.2 Å². The molecule has 2 rings (SSSR count). The summed E-state index contributed by atoms with van der Waals surface area (Å²) in [5, 5.41) is 0. The van der Waals surface area contributed by atoms with E-state index >= 15 is 0 Å². The Kier molecular flexibility index (Phi) is 2.52. The van der Waals surface area contributed by atoms with Crippen LogP contribution in [0.2, 0.25) is 0 Å². The summed E-state index contributed by atoms with van der Waals surface area (Å²) in [5.74, 6) is 0. The van der Waals surface area contributed by atoms with Gasteiger partial charge in [-0.25, -0.2) is 4.98 Å². The van der Waals surface area contributed by atoms with Crippen LogP contribution in [0, 0.1) is 6.92 Å². The van der Waals surface area contributed by atoms with E-state index in [1.807, 2.05) is 6.92 Å². The molecule has 0 saturated carbocycles. The minimum atomic E-state index is -4.40. The molecule has 0 fully saturated rings. The van der Waals surface area contributed by atoms with Crippen molar-refractivity contribution in [2.24, 2.45) is 0 Å². The highest BCUT2D eigenvalue weighted by Gasteiger charge is 2.32. The second-order valence-electron chi connectivity index (χ2n) is 3.87. The number of aryl methyl sites for hydroxylation is 2. The Balaban J connectivity index is 2.76. The summed E-state index contributed by atoms with van der Waals surface area (Å²) in [6.45, 7) is 3.63. The number of hydrogen-bond acceptors (Lipinski definition) is 2. The highest BCUT2D eigenvalue weighted by Crippen LogP contribution is 2.32. The molecule has 0 spiro atoms. The van der Waals surface area contributed by atoms with Crippen LogP contribution in [0.15, 0.2) is 12.3 Å². The topological polar surface area (TPSA) is 43.3 Å². The summed E-state index contributed by atoms with van der Waals surface area (Å²) in [6.07, 6.45) is -2.70. The van der Waals surface area contributed by atoms with Crippen molar-refractivity contribution in [2.75, 3.05) is 5.73 Å². The van der Waals surface area contributed by atoms with Crippen molar-refractivity contribution in [1.29, 1.82) is 0 Å². The van der Waals surface area contributed by atoms with Gasteiger partial charge in [-0.15, -0.1) is 0 Å². The molecule has 6 heteroatoms. The molecular weight excluding hydrogens is 231 g/mol. The molecule has 0 radical (unpaired) electrons. The first-order chi connectivity index (χ1) is 7.84. The number of hydrogen-bond donors (Lipinski definition) is 1. The minimum absolute atomic E-state index is 0.0441. The van der Waals surface area contributed by atoms with E-state index < -0.39 is 11.7 Å². The Morgan fingerprint density at radius 3 is 2.59 bits per heavy atom. The summed E-state index contributed by atoms with van der Waals surface area (Å²) in [5.41, 5.74) is 6.73. The number of nitrogen functional groups attached to an aromatic ring is 1. The van der Waals surface area contributed by atoms with Crippen LogP contribution in [0.1, 0.15) is 23.9 Å². The maximum Gasteiger partial charge on any atom is 0.417 e. The average Bonchev–Trinajstić information content (AvgIpc) is 2.55. The molecule has 0 unspecified atom stereocenters. The number of fused-ring (bicyclic) bond motifs is 1. The maximum absolute atomic E-state index is 12.6. The lowest BCUT2D eigenvalue weighted by Crippen LogP contribution is -2.08. The van der Waals surface area contributed by atoms with Crippen LogP contribution in [0.5, 0.6) is 0 Å². The van der Waals surface area contributed by atoms with Gasteiger partial charge in [0.25, 0.3) is 0 Å². The lowest BCUT2D eigenvalue weighted by Gasteiger charge is -2.09. The monoisotopic (exact) mass is 243 g/mol. The summed E-state index contributed by atoms with van der Waals surface area (Å²) >= 11 is 0. The van der Waals surface area contributed by atoms with Crippen molar-refractivity contribution in [1.82, 2.24) is 9.38 Å². The summed E-state index contributed by atoms with van der Waals surface area (Å²) < 4.78 is 39.3. The fraction of sp³-hybridized carbons (Fsp3) is 0.364. The molecule has 0 bridgehead atoms. The highest BCUT2D eigenvalue weighted by molar-refractivity contribution is 5.67. The van der Waals surface area contributed by atoms with Crippen molar-refractivity contribution < 1.29 is 13.2 Å².